The van der Waals surface area contributed by atoms with Crippen LogP contribution in [0.4, 0.5) is 0 Å². The van der Waals surface area contributed by atoms with Crippen LogP contribution in [-0.2, 0) is 12.8 Å². The molecule has 0 aliphatic heterocycles. The van der Waals surface area contributed by atoms with Crippen LogP contribution in [0.15, 0.2) is 6.07 Å². The van der Waals surface area contributed by atoms with Gasteiger partial charge in [-0.05, 0) is 49.3 Å². The zero-order valence-corrected chi connectivity index (χ0v) is 18.1. The molecule has 0 aliphatic rings. The largest absolute Gasteiger partial charge is 0.507 e. The highest BCUT2D eigenvalue weighted by Gasteiger charge is 2.25. The number of hydrogen-bond acceptors (Lipinski definition) is 1. The predicted molar refractivity (Wildman–Crippen MR) is 112 cm³/mol. The van der Waals surface area contributed by atoms with Crippen molar-refractivity contribution >= 4 is 13.3 Å². The molecule has 1 aromatic rings. The van der Waals surface area contributed by atoms with Gasteiger partial charge in [-0.1, -0.05) is 83.3 Å². The number of benzene rings is 1. The van der Waals surface area contributed by atoms with Gasteiger partial charge in [0.25, 0.3) is 0 Å². The highest BCUT2D eigenvalue weighted by Crippen LogP contribution is 2.28. The summed E-state index contributed by atoms with van der Waals surface area (Å²) in [5.74, 6) is 0.584. The highest BCUT2D eigenvalue weighted by molar-refractivity contribution is 6.89. The summed E-state index contributed by atoms with van der Waals surface area (Å²) in [4.78, 5) is 0. The highest BCUT2D eigenvalue weighted by atomic mass is 28.3. The van der Waals surface area contributed by atoms with Gasteiger partial charge in [-0.15, -0.1) is 0 Å². The van der Waals surface area contributed by atoms with Crippen LogP contribution >= 0.6 is 0 Å². The molecule has 0 aromatic heterocycles. The van der Waals surface area contributed by atoms with Crippen molar-refractivity contribution < 1.29 is 5.11 Å². The minimum absolute atomic E-state index is 0.584. The van der Waals surface area contributed by atoms with E-state index in [9.17, 15) is 5.11 Å². The van der Waals surface area contributed by atoms with E-state index in [1.807, 2.05) is 0 Å². The SMILES string of the molecule is CCCCCCc1cc(CCCCCC)c([Si](C)(C)C)c(C)c1O. The van der Waals surface area contributed by atoms with E-state index in [4.69, 9.17) is 0 Å². The minimum atomic E-state index is -1.45. The van der Waals surface area contributed by atoms with Crippen molar-refractivity contribution in [1.29, 1.82) is 0 Å². The second kappa shape index (κ2) is 10.3. The molecule has 0 saturated carbocycles. The second-order valence-electron chi connectivity index (χ2n) is 8.41. The van der Waals surface area contributed by atoms with E-state index in [1.165, 1.54) is 79.7 Å². The van der Waals surface area contributed by atoms with Gasteiger partial charge in [-0.3, -0.25) is 0 Å². The quantitative estimate of drug-likeness (QED) is 0.358. The molecule has 2 heteroatoms. The molecule has 1 rings (SSSR count). The number of phenolic OH excluding ortho intramolecular Hbond substituents is 1. The number of aromatic hydroxyl groups is 1. The van der Waals surface area contributed by atoms with Crippen molar-refractivity contribution in [3.05, 3.63) is 22.8 Å². The molecule has 0 atom stereocenters. The molecule has 0 heterocycles. The number of unbranched alkanes of at least 4 members (excludes halogenated alkanes) is 6. The summed E-state index contributed by atoms with van der Waals surface area (Å²) in [5.41, 5.74) is 3.90. The molecular formula is C22H40OSi. The van der Waals surface area contributed by atoms with Crippen molar-refractivity contribution in [2.24, 2.45) is 0 Å². The second-order valence-corrected chi connectivity index (χ2v) is 13.4. The van der Waals surface area contributed by atoms with E-state index in [0.29, 0.717) is 5.75 Å². The van der Waals surface area contributed by atoms with Gasteiger partial charge in [-0.2, -0.15) is 0 Å². The van der Waals surface area contributed by atoms with E-state index in [2.05, 4.69) is 46.5 Å². The topological polar surface area (TPSA) is 20.2 Å². The third-order valence-electron chi connectivity index (χ3n) is 5.05. The fourth-order valence-electron chi connectivity index (χ4n) is 3.87. The Balaban J connectivity index is 3.03. The smallest absolute Gasteiger partial charge is 0.121 e. The van der Waals surface area contributed by atoms with Crippen LogP contribution in [0, 0.1) is 6.92 Å². The summed E-state index contributed by atoms with van der Waals surface area (Å²) in [6.45, 7) is 13.9. The number of hydrogen-bond donors (Lipinski definition) is 1. The van der Waals surface area contributed by atoms with Gasteiger partial charge in [0.2, 0.25) is 0 Å². The number of rotatable bonds is 11. The number of aryl methyl sites for hydroxylation is 2. The molecule has 0 bridgehead atoms. The monoisotopic (exact) mass is 348 g/mol. The van der Waals surface area contributed by atoms with Crippen molar-refractivity contribution in [3.63, 3.8) is 0 Å². The summed E-state index contributed by atoms with van der Waals surface area (Å²) < 4.78 is 0. The molecule has 0 unspecified atom stereocenters. The van der Waals surface area contributed by atoms with E-state index in [0.717, 1.165) is 6.42 Å². The summed E-state index contributed by atoms with van der Waals surface area (Å²) >= 11 is 0. The van der Waals surface area contributed by atoms with Crippen LogP contribution < -0.4 is 5.19 Å². The van der Waals surface area contributed by atoms with Crippen molar-refractivity contribution in [1.82, 2.24) is 0 Å². The lowest BCUT2D eigenvalue weighted by Gasteiger charge is -2.26. The first-order chi connectivity index (χ1) is 11.3. The Morgan fingerprint density at radius 1 is 0.792 bits per heavy atom. The maximum absolute atomic E-state index is 10.8. The maximum Gasteiger partial charge on any atom is 0.121 e. The molecule has 1 N–H and O–H groups in total. The van der Waals surface area contributed by atoms with Gasteiger partial charge in [0.15, 0.2) is 0 Å². The molecule has 24 heavy (non-hydrogen) atoms. The lowest BCUT2D eigenvalue weighted by Crippen LogP contribution is -2.42. The lowest BCUT2D eigenvalue weighted by atomic mass is 9.96. The molecule has 1 aromatic carbocycles. The van der Waals surface area contributed by atoms with Crippen LogP contribution in [0.3, 0.4) is 0 Å². The third-order valence-corrected chi connectivity index (χ3v) is 7.25. The Morgan fingerprint density at radius 3 is 1.75 bits per heavy atom. The first-order valence-electron chi connectivity index (χ1n) is 10.2. The van der Waals surface area contributed by atoms with Gasteiger partial charge in [0.1, 0.15) is 5.75 Å². The zero-order valence-electron chi connectivity index (χ0n) is 17.1. The minimum Gasteiger partial charge on any atom is -0.507 e. The maximum atomic E-state index is 10.8. The summed E-state index contributed by atoms with van der Waals surface area (Å²) in [6.07, 6.45) is 12.5. The predicted octanol–water partition coefficient (Wildman–Crippen LogP) is 6.49. The normalized spacial score (nSPS) is 11.9. The average molecular weight is 349 g/mol. The van der Waals surface area contributed by atoms with E-state index in [-0.39, 0.29) is 0 Å². The van der Waals surface area contributed by atoms with Crippen molar-refractivity contribution in [2.75, 3.05) is 0 Å². The van der Waals surface area contributed by atoms with Crippen molar-refractivity contribution in [2.45, 2.75) is 105 Å². The molecule has 0 spiro atoms. The van der Waals surface area contributed by atoms with Crippen LogP contribution in [0.25, 0.3) is 0 Å². The summed E-state index contributed by atoms with van der Waals surface area (Å²) in [7, 11) is -1.45. The molecule has 0 aliphatic carbocycles. The molecule has 0 radical (unpaired) electrons. The molecule has 0 fully saturated rings. The fourth-order valence-corrected chi connectivity index (χ4v) is 6.27. The Labute approximate surface area is 151 Å². The van der Waals surface area contributed by atoms with E-state index < -0.39 is 8.07 Å². The number of phenols is 1. The lowest BCUT2D eigenvalue weighted by molar-refractivity contribution is 0.462. The standard InChI is InChI=1S/C22H40OSi/c1-7-9-11-13-15-19-17-20(16-14-12-10-8-2)22(24(4,5)6)18(3)21(19)23/h17,23H,7-16H2,1-6H3. The van der Waals surface area contributed by atoms with Crippen LogP contribution in [0.1, 0.15) is 81.9 Å². The van der Waals surface area contributed by atoms with Gasteiger partial charge in [0, 0.05) is 0 Å². The van der Waals surface area contributed by atoms with Gasteiger partial charge in [0.05, 0.1) is 8.07 Å². The molecular weight excluding hydrogens is 308 g/mol. The molecule has 0 amide bonds. The van der Waals surface area contributed by atoms with Crippen LogP contribution in [0.5, 0.6) is 5.75 Å². The van der Waals surface area contributed by atoms with Crippen molar-refractivity contribution in [3.8, 4) is 5.75 Å². The Morgan fingerprint density at radius 2 is 1.29 bits per heavy atom. The first kappa shape index (κ1) is 21.3. The zero-order chi connectivity index (χ0) is 18.2. The molecule has 0 saturated heterocycles. The Hall–Kier alpha value is -0.763. The van der Waals surface area contributed by atoms with E-state index >= 15 is 0 Å². The van der Waals surface area contributed by atoms with Gasteiger partial charge >= 0.3 is 0 Å². The molecule has 1 nitrogen and oxygen atoms in total. The average Bonchev–Trinajstić information content (AvgIpc) is 2.51. The Kier molecular flexibility index (Phi) is 9.11. The molecule has 138 valence electrons. The van der Waals surface area contributed by atoms with Crippen LogP contribution in [-0.4, -0.2) is 13.2 Å². The summed E-state index contributed by atoms with van der Waals surface area (Å²) in [6, 6.07) is 2.35. The first-order valence-corrected chi connectivity index (χ1v) is 13.7. The van der Waals surface area contributed by atoms with Gasteiger partial charge < -0.3 is 5.11 Å². The van der Waals surface area contributed by atoms with E-state index in [1.54, 1.807) is 0 Å². The van der Waals surface area contributed by atoms with Gasteiger partial charge in [-0.25, -0.2) is 0 Å². The third kappa shape index (κ3) is 6.27. The summed E-state index contributed by atoms with van der Waals surface area (Å²) in [5, 5.41) is 12.3. The van der Waals surface area contributed by atoms with Crippen LogP contribution in [0.2, 0.25) is 19.6 Å². The Bertz CT molecular complexity index is 500. The fraction of sp³-hybridized carbons (Fsp3) is 0.727.